The van der Waals surface area contributed by atoms with E-state index in [0.717, 1.165) is 28.1 Å². The van der Waals surface area contributed by atoms with Crippen molar-refractivity contribution in [2.75, 3.05) is 16.8 Å². The summed E-state index contributed by atoms with van der Waals surface area (Å²) in [6.45, 7) is 4.36. The molecule has 0 aromatic heterocycles. The molecule has 1 atom stereocenters. The molecule has 1 aromatic carbocycles. The molecule has 1 saturated heterocycles. The first-order chi connectivity index (χ1) is 8.49. The largest absolute Gasteiger partial charge is 0.366 e. The molecule has 1 unspecified atom stereocenters. The lowest BCUT2D eigenvalue weighted by Crippen LogP contribution is -2.54. The van der Waals surface area contributed by atoms with Crippen LogP contribution in [0.2, 0.25) is 0 Å². The van der Waals surface area contributed by atoms with Crippen LogP contribution in [0, 0.1) is 16.7 Å². The summed E-state index contributed by atoms with van der Waals surface area (Å²) in [5, 5.41) is 13.1. The van der Waals surface area contributed by atoms with Crippen LogP contribution >= 0.6 is 27.7 Å². The Balaban J connectivity index is 2.28. The highest BCUT2D eigenvalue weighted by molar-refractivity contribution is 9.10. The standard InChI is InChI=1S/C14H17BrN2S/c1-13(2)7-8-18-10-14(13,9-16)17-12-5-3-11(15)4-6-12/h3-6,17H,7-8,10H2,1-2H3. The summed E-state index contributed by atoms with van der Waals surface area (Å²) >= 11 is 5.28. The fourth-order valence-corrected chi connectivity index (χ4v) is 4.05. The van der Waals surface area contributed by atoms with Gasteiger partial charge >= 0.3 is 0 Å². The first kappa shape index (κ1) is 13.8. The van der Waals surface area contributed by atoms with Crippen molar-refractivity contribution < 1.29 is 0 Å². The molecule has 1 aliphatic heterocycles. The fraction of sp³-hybridized carbons (Fsp3) is 0.500. The second-order valence-corrected chi connectivity index (χ2v) is 7.36. The van der Waals surface area contributed by atoms with Crippen molar-refractivity contribution in [3.05, 3.63) is 28.7 Å². The number of hydrogen-bond donors (Lipinski definition) is 1. The van der Waals surface area contributed by atoms with Gasteiger partial charge in [-0.25, -0.2) is 0 Å². The van der Waals surface area contributed by atoms with Crippen molar-refractivity contribution in [1.29, 1.82) is 5.26 Å². The Labute approximate surface area is 121 Å². The van der Waals surface area contributed by atoms with Crippen LogP contribution in [0.25, 0.3) is 0 Å². The van der Waals surface area contributed by atoms with Gasteiger partial charge in [0, 0.05) is 21.3 Å². The molecule has 2 nitrogen and oxygen atoms in total. The van der Waals surface area contributed by atoms with E-state index in [2.05, 4.69) is 41.2 Å². The van der Waals surface area contributed by atoms with Crippen LogP contribution in [0.5, 0.6) is 0 Å². The third-order valence-corrected chi connectivity index (χ3v) is 5.40. The Hall–Kier alpha value is -0.660. The quantitative estimate of drug-likeness (QED) is 0.881. The van der Waals surface area contributed by atoms with Crippen LogP contribution in [0.1, 0.15) is 20.3 Å². The van der Waals surface area contributed by atoms with Crippen LogP contribution in [-0.4, -0.2) is 17.0 Å². The second kappa shape index (κ2) is 5.14. The number of thioether (sulfide) groups is 1. The van der Waals surface area contributed by atoms with E-state index < -0.39 is 5.54 Å². The number of nitrogens with one attached hydrogen (secondary N) is 1. The molecule has 1 fully saturated rings. The predicted octanol–water partition coefficient (Wildman–Crippen LogP) is 4.29. The molecular formula is C14H17BrN2S. The summed E-state index contributed by atoms with van der Waals surface area (Å²) in [4.78, 5) is 0. The number of anilines is 1. The van der Waals surface area contributed by atoms with Crippen molar-refractivity contribution in [2.45, 2.75) is 25.8 Å². The minimum absolute atomic E-state index is 0.0138. The lowest BCUT2D eigenvalue weighted by Gasteiger charge is -2.46. The highest BCUT2D eigenvalue weighted by Gasteiger charge is 2.47. The summed E-state index contributed by atoms with van der Waals surface area (Å²) < 4.78 is 1.05. The van der Waals surface area contributed by atoms with E-state index >= 15 is 0 Å². The molecular weight excluding hydrogens is 308 g/mol. The monoisotopic (exact) mass is 324 g/mol. The number of nitriles is 1. The van der Waals surface area contributed by atoms with Crippen molar-refractivity contribution in [3.8, 4) is 6.07 Å². The predicted molar refractivity (Wildman–Crippen MR) is 81.8 cm³/mol. The molecule has 0 amide bonds. The zero-order chi connectivity index (χ0) is 13.2. The molecule has 1 heterocycles. The lowest BCUT2D eigenvalue weighted by molar-refractivity contribution is 0.248. The Morgan fingerprint density at radius 1 is 1.33 bits per heavy atom. The first-order valence-corrected chi connectivity index (χ1v) is 7.97. The zero-order valence-electron chi connectivity index (χ0n) is 10.7. The third kappa shape index (κ3) is 2.53. The molecule has 0 aliphatic carbocycles. The number of hydrogen-bond acceptors (Lipinski definition) is 3. The zero-order valence-corrected chi connectivity index (χ0v) is 13.1. The van der Waals surface area contributed by atoms with Gasteiger partial charge in [0.15, 0.2) is 0 Å². The average molecular weight is 325 g/mol. The van der Waals surface area contributed by atoms with Crippen LogP contribution in [-0.2, 0) is 0 Å². The van der Waals surface area contributed by atoms with E-state index in [9.17, 15) is 5.26 Å². The summed E-state index contributed by atoms with van der Waals surface area (Å²) in [7, 11) is 0. The number of halogens is 1. The molecule has 4 heteroatoms. The van der Waals surface area contributed by atoms with Crippen molar-refractivity contribution in [3.63, 3.8) is 0 Å². The molecule has 0 bridgehead atoms. The van der Waals surface area contributed by atoms with E-state index in [4.69, 9.17) is 0 Å². The molecule has 0 radical (unpaired) electrons. The SMILES string of the molecule is CC1(C)CCSCC1(C#N)Nc1ccc(Br)cc1. The molecule has 1 aromatic rings. The molecule has 0 spiro atoms. The molecule has 2 rings (SSSR count). The van der Waals surface area contributed by atoms with Gasteiger partial charge in [0.25, 0.3) is 0 Å². The second-order valence-electron chi connectivity index (χ2n) is 5.34. The summed E-state index contributed by atoms with van der Waals surface area (Å²) in [5.41, 5.74) is 0.513. The Bertz CT molecular complexity index is 464. The normalized spacial score (nSPS) is 26.3. The van der Waals surface area contributed by atoms with Gasteiger partial charge < -0.3 is 5.32 Å². The third-order valence-electron chi connectivity index (χ3n) is 3.74. The van der Waals surface area contributed by atoms with Crippen LogP contribution in [0.3, 0.4) is 0 Å². The maximum atomic E-state index is 9.66. The molecule has 0 saturated carbocycles. The van der Waals surface area contributed by atoms with E-state index in [1.54, 1.807) is 0 Å². The molecule has 1 aliphatic rings. The minimum Gasteiger partial charge on any atom is -0.366 e. The van der Waals surface area contributed by atoms with Gasteiger partial charge in [-0.05, 0) is 36.4 Å². The smallest absolute Gasteiger partial charge is 0.139 e. The molecule has 96 valence electrons. The number of benzene rings is 1. The molecule has 18 heavy (non-hydrogen) atoms. The maximum Gasteiger partial charge on any atom is 0.139 e. The highest BCUT2D eigenvalue weighted by atomic mass is 79.9. The Morgan fingerprint density at radius 2 is 2.00 bits per heavy atom. The average Bonchev–Trinajstić information content (AvgIpc) is 2.34. The minimum atomic E-state index is -0.482. The van der Waals surface area contributed by atoms with E-state index in [-0.39, 0.29) is 5.41 Å². The Kier molecular flexibility index (Phi) is 3.93. The summed E-state index contributed by atoms with van der Waals surface area (Å²) in [6.07, 6.45) is 1.06. The van der Waals surface area contributed by atoms with Gasteiger partial charge in [0.2, 0.25) is 0 Å². The van der Waals surface area contributed by atoms with E-state index in [0.29, 0.717) is 0 Å². The van der Waals surface area contributed by atoms with Crippen LogP contribution < -0.4 is 5.32 Å². The summed E-state index contributed by atoms with van der Waals surface area (Å²) in [5.74, 6) is 1.98. The molecule has 1 N–H and O–H groups in total. The van der Waals surface area contributed by atoms with Crippen molar-refractivity contribution >= 4 is 33.4 Å². The highest BCUT2D eigenvalue weighted by Crippen LogP contribution is 2.43. The van der Waals surface area contributed by atoms with Gasteiger partial charge in [-0.2, -0.15) is 17.0 Å². The van der Waals surface area contributed by atoms with E-state index in [1.165, 1.54) is 0 Å². The fourth-order valence-electron chi connectivity index (χ4n) is 2.16. The van der Waals surface area contributed by atoms with Crippen molar-refractivity contribution in [1.82, 2.24) is 0 Å². The Morgan fingerprint density at radius 3 is 2.56 bits per heavy atom. The van der Waals surface area contributed by atoms with Gasteiger partial charge in [-0.15, -0.1) is 0 Å². The van der Waals surface area contributed by atoms with Crippen LogP contribution in [0.15, 0.2) is 28.7 Å². The topological polar surface area (TPSA) is 35.8 Å². The van der Waals surface area contributed by atoms with Crippen LogP contribution in [0.4, 0.5) is 5.69 Å². The van der Waals surface area contributed by atoms with Gasteiger partial charge in [0.1, 0.15) is 5.54 Å². The first-order valence-electron chi connectivity index (χ1n) is 6.02. The maximum absolute atomic E-state index is 9.66. The van der Waals surface area contributed by atoms with Gasteiger partial charge in [-0.1, -0.05) is 29.8 Å². The van der Waals surface area contributed by atoms with E-state index in [1.807, 2.05) is 36.0 Å². The number of nitrogens with zero attached hydrogens (tertiary/aromatic N) is 1. The summed E-state index contributed by atoms with van der Waals surface area (Å²) in [6, 6.07) is 10.5. The lowest BCUT2D eigenvalue weighted by atomic mass is 9.71. The number of rotatable bonds is 2. The van der Waals surface area contributed by atoms with Gasteiger partial charge in [-0.3, -0.25) is 0 Å². The van der Waals surface area contributed by atoms with Crippen molar-refractivity contribution in [2.24, 2.45) is 5.41 Å². The van der Waals surface area contributed by atoms with Gasteiger partial charge in [0.05, 0.1) is 6.07 Å².